The Kier molecular flexibility index (Phi) is 4.93. The maximum absolute atomic E-state index is 11.9. The number of hydrogen-bond acceptors (Lipinski definition) is 8. The van der Waals surface area contributed by atoms with Crippen molar-refractivity contribution in [2.45, 2.75) is 0 Å². The number of aromatic nitrogens is 1. The predicted octanol–water partition coefficient (Wildman–Crippen LogP) is 3.38. The Morgan fingerprint density at radius 1 is 1.14 bits per heavy atom. The molecule has 12 heteroatoms. The number of non-ortho nitro benzene ring substituents is 1. The van der Waals surface area contributed by atoms with Crippen LogP contribution in [-0.4, -0.2) is 32.5 Å². The quantitative estimate of drug-likeness (QED) is 0.371. The number of ether oxygens (including phenoxy) is 1. The molecule has 0 fully saturated rings. The monoisotopic (exact) mass is 385 g/mol. The van der Waals surface area contributed by atoms with Gasteiger partial charge in [0.1, 0.15) is 0 Å². The molecular formula is C16H11N5O7. The Bertz CT molecular complexity index is 1120. The molecule has 0 saturated carbocycles. The molecular weight excluding hydrogens is 374 g/mol. The van der Waals surface area contributed by atoms with Crippen LogP contribution >= 0.6 is 0 Å². The summed E-state index contributed by atoms with van der Waals surface area (Å²) >= 11 is 0. The highest BCUT2D eigenvalue weighted by Gasteiger charge is 2.17. The highest BCUT2D eigenvalue weighted by Crippen LogP contribution is 2.37. The van der Waals surface area contributed by atoms with Crippen LogP contribution in [0.4, 0.5) is 17.1 Å². The summed E-state index contributed by atoms with van der Waals surface area (Å²) in [7, 11) is 0. The number of hydrogen-bond donors (Lipinski definition) is 2. The van der Waals surface area contributed by atoms with E-state index in [0.717, 1.165) is 0 Å². The zero-order valence-electron chi connectivity index (χ0n) is 13.9. The molecule has 1 aromatic heterocycles. The zero-order valence-corrected chi connectivity index (χ0v) is 13.9. The van der Waals surface area contributed by atoms with Gasteiger partial charge in [-0.25, -0.2) is 0 Å². The topological polar surface area (TPSA) is 173 Å². The molecule has 0 aliphatic rings. The lowest BCUT2D eigenvalue weighted by molar-refractivity contribution is -0.385. The summed E-state index contributed by atoms with van der Waals surface area (Å²) in [6.45, 7) is -0.627. The zero-order chi connectivity index (χ0) is 20.3. The molecule has 142 valence electrons. The number of nitro benzene ring substituents is 2. The third kappa shape index (κ3) is 3.75. The first kappa shape index (κ1) is 18.4. The molecule has 0 aliphatic heterocycles. The van der Waals surface area contributed by atoms with Gasteiger partial charge in [-0.15, -0.1) is 10.2 Å². The SMILES string of the molecule is O=C(COc1ccccc1[N+](=O)[O-])N=Nc1c(O)[nH]c2ccc([N+](=O)[O-])cc12. The molecule has 1 heterocycles. The van der Waals surface area contributed by atoms with Gasteiger partial charge >= 0.3 is 11.6 Å². The highest BCUT2D eigenvalue weighted by atomic mass is 16.6. The molecule has 2 N–H and O–H groups in total. The van der Waals surface area contributed by atoms with E-state index in [1.54, 1.807) is 0 Å². The summed E-state index contributed by atoms with van der Waals surface area (Å²) in [6, 6.07) is 9.30. The van der Waals surface area contributed by atoms with E-state index in [1.165, 1.54) is 42.5 Å². The van der Waals surface area contributed by atoms with Gasteiger partial charge in [0.05, 0.1) is 15.4 Å². The minimum absolute atomic E-state index is 0.110. The van der Waals surface area contributed by atoms with Crippen molar-refractivity contribution < 1.29 is 24.5 Å². The summed E-state index contributed by atoms with van der Waals surface area (Å²) in [5, 5.41) is 38.9. The number of benzene rings is 2. The molecule has 1 amide bonds. The number of amides is 1. The Morgan fingerprint density at radius 2 is 1.89 bits per heavy atom. The lowest BCUT2D eigenvalue weighted by atomic mass is 10.2. The van der Waals surface area contributed by atoms with Crippen molar-refractivity contribution in [3.63, 3.8) is 0 Å². The number of nitrogens with one attached hydrogen (secondary N) is 1. The number of nitrogens with zero attached hydrogens (tertiary/aromatic N) is 4. The number of fused-ring (bicyclic) bond motifs is 1. The lowest BCUT2D eigenvalue weighted by Gasteiger charge is -2.03. The Morgan fingerprint density at radius 3 is 2.61 bits per heavy atom. The Balaban J connectivity index is 1.78. The smallest absolute Gasteiger partial charge is 0.310 e. The van der Waals surface area contributed by atoms with Crippen LogP contribution in [0.2, 0.25) is 0 Å². The van der Waals surface area contributed by atoms with E-state index in [9.17, 15) is 30.1 Å². The number of rotatable bonds is 6. The molecule has 0 unspecified atom stereocenters. The predicted molar refractivity (Wildman–Crippen MR) is 94.7 cm³/mol. The normalized spacial score (nSPS) is 11.0. The van der Waals surface area contributed by atoms with E-state index in [4.69, 9.17) is 4.74 Å². The maximum atomic E-state index is 11.9. The first-order chi connectivity index (χ1) is 13.4. The fourth-order valence-corrected chi connectivity index (χ4v) is 2.37. The van der Waals surface area contributed by atoms with Gasteiger partial charge in [-0.05, 0) is 12.1 Å². The van der Waals surface area contributed by atoms with Crippen molar-refractivity contribution in [3.05, 3.63) is 62.7 Å². The van der Waals surface area contributed by atoms with Crippen molar-refractivity contribution in [1.29, 1.82) is 0 Å². The van der Waals surface area contributed by atoms with Crippen molar-refractivity contribution >= 4 is 33.9 Å². The van der Waals surface area contributed by atoms with Crippen LogP contribution in [0.5, 0.6) is 11.6 Å². The fourth-order valence-electron chi connectivity index (χ4n) is 2.37. The number of carbonyl (C=O) groups is 1. The van der Waals surface area contributed by atoms with E-state index in [0.29, 0.717) is 5.52 Å². The number of aromatic hydroxyl groups is 1. The van der Waals surface area contributed by atoms with Crippen LogP contribution in [0.25, 0.3) is 10.9 Å². The van der Waals surface area contributed by atoms with Crippen molar-refractivity contribution in [3.8, 4) is 11.6 Å². The van der Waals surface area contributed by atoms with Gasteiger partial charge in [-0.2, -0.15) is 0 Å². The van der Waals surface area contributed by atoms with Crippen LogP contribution in [-0.2, 0) is 4.79 Å². The second kappa shape index (κ2) is 7.49. The molecule has 0 radical (unpaired) electrons. The van der Waals surface area contributed by atoms with Crippen LogP contribution in [0, 0.1) is 20.2 Å². The van der Waals surface area contributed by atoms with Gasteiger partial charge in [0.15, 0.2) is 18.0 Å². The molecule has 12 nitrogen and oxygen atoms in total. The van der Waals surface area contributed by atoms with Crippen LogP contribution in [0.15, 0.2) is 52.7 Å². The lowest BCUT2D eigenvalue weighted by Crippen LogP contribution is -2.09. The van der Waals surface area contributed by atoms with Gasteiger partial charge in [0.25, 0.3) is 5.69 Å². The van der Waals surface area contributed by atoms with Crippen LogP contribution in [0.3, 0.4) is 0 Å². The maximum Gasteiger partial charge on any atom is 0.310 e. The van der Waals surface area contributed by atoms with E-state index >= 15 is 0 Å². The second-order valence-electron chi connectivity index (χ2n) is 5.42. The third-order valence-electron chi connectivity index (χ3n) is 3.62. The molecule has 0 bridgehead atoms. The largest absolute Gasteiger partial charge is 0.493 e. The summed E-state index contributed by atoms with van der Waals surface area (Å²) < 4.78 is 5.09. The van der Waals surface area contributed by atoms with E-state index in [2.05, 4.69) is 15.2 Å². The van der Waals surface area contributed by atoms with Crippen molar-refractivity contribution in [2.75, 3.05) is 6.61 Å². The van der Waals surface area contributed by atoms with Gasteiger partial charge < -0.3 is 14.8 Å². The van der Waals surface area contributed by atoms with Crippen molar-refractivity contribution in [2.24, 2.45) is 10.2 Å². The standard InChI is InChI=1S/C16H11N5O7/c22-14(8-28-13-4-2-1-3-12(13)21(26)27)18-19-15-10-7-9(20(24)25)5-6-11(10)17-16(15)23/h1-7,17,23H,8H2. The van der Waals surface area contributed by atoms with E-state index in [1.807, 2.05) is 0 Å². The van der Waals surface area contributed by atoms with Gasteiger partial charge in [0.2, 0.25) is 5.88 Å². The minimum Gasteiger partial charge on any atom is -0.493 e. The first-order valence-electron chi connectivity index (χ1n) is 7.66. The molecule has 0 aliphatic carbocycles. The summed E-state index contributed by atoms with van der Waals surface area (Å²) in [4.78, 5) is 34.9. The number of azo groups is 1. The van der Waals surface area contributed by atoms with Crippen molar-refractivity contribution in [1.82, 2.24) is 4.98 Å². The summed E-state index contributed by atoms with van der Waals surface area (Å²) in [6.07, 6.45) is 0. The molecule has 0 saturated heterocycles. The minimum atomic E-state index is -0.877. The molecule has 0 atom stereocenters. The average molecular weight is 385 g/mol. The van der Waals surface area contributed by atoms with Crippen LogP contribution < -0.4 is 4.74 Å². The number of H-pyrrole nitrogens is 1. The van der Waals surface area contributed by atoms with E-state index < -0.39 is 28.2 Å². The molecule has 0 spiro atoms. The summed E-state index contributed by atoms with van der Waals surface area (Å²) in [5.74, 6) is -1.41. The number of aromatic amines is 1. The van der Waals surface area contributed by atoms with Gasteiger partial charge in [-0.3, -0.25) is 25.0 Å². The van der Waals surface area contributed by atoms with Gasteiger partial charge in [-0.1, -0.05) is 12.1 Å². The first-order valence-corrected chi connectivity index (χ1v) is 7.66. The highest BCUT2D eigenvalue weighted by molar-refractivity contribution is 5.95. The average Bonchev–Trinajstić information content (AvgIpc) is 2.99. The Labute approximate surface area is 155 Å². The third-order valence-corrected chi connectivity index (χ3v) is 3.62. The number of para-hydroxylation sites is 2. The Hall–Kier alpha value is -4.35. The second-order valence-corrected chi connectivity index (χ2v) is 5.42. The van der Waals surface area contributed by atoms with E-state index in [-0.39, 0.29) is 28.2 Å². The number of nitro groups is 2. The van der Waals surface area contributed by atoms with Gasteiger partial charge in [0, 0.05) is 23.6 Å². The molecule has 3 aromatic rings. The van der Waals surface area contributed by atoms with Crippen LogP contribution in [0.1, 0.15) is 0 Å². The number of carbonyl (C=O) groups excluding carboxylic acids is 1. The molecule has 3 rings (SSSR count). The fraction of sp³-hybridized carbons (Fsp3) is 0.0625. The molecule has 2 aromatic carbocycles. The summed E-state index contributed by atoms with van der Waals surface area (Å²) in [5.41, 5.74) is -0.332. The molecule has 28 heavy (non-hydrogen) atoms.